The van der Waals surface area contributed by atoms with Gasteiger partial charge in [-0.1, -0.05) is 23.1 Å². The molecule has 0 saturated heterocycles. The summed E-state index contributed by atoms with van der Waals surface area (Å²) in [6.07, 6.45) is 3.57. The number of anilines is 1. The van der Waals surface area contributed by atoms with Crippen LogP contribution in [0.3, 0.4) is 0 Å². The maximum atomic E-state index is 11.7. The van der Waals surface area contributed by atoms with Crippen LogP contribution in [0.5, 0.6) is 0 Å². The Bertz CT molecular complexity index is 669. The van der Waals surface area contributed by atoms with Gasteiger partial charge in [-0.3, -0.25) is 10.1 Å². The molecule has 1 fully saturated rings. The molecular weight excluding hydrogens is 338 g/mol. The molecule has 2 aromatic heterocycles. The van der Waals surface area contributed by atoms with E-state index in [1.165, 1.54) is 23.1 Å². The van der Waals surface area contributed by atoms with Gasteiger partial charge in [-0.15, -0.1) is 10.2 Å². The Morgan fingerprint density at radius 2 is 2.26 bits per heavy atom. The van der Waals surface area contributed by atoms with E-state index in [4.69, 9.17) is 4.42 Å². The normalized spacial score (nSPS) is 13.6. The first-order valence-electron chi connectivity index (χ1n) is 7.02. The fraction of sp³-hybridized carbons (Fsp3) is 0.385. The zero-order valence-corrected chi connectivity index (χ0v) is 13.7. The number of urea groups is 1. The Balaban J connectivity index is 1.38. The minimum absolute atomic E-state index is 0.116. The number of furan rings is 1. The van der Waals surface area contributed by atoms with Crippen molar-refractivity contribution in [1.82, 2.24) is 20.8 Å². The molecule has 0 bridgehead atoms. The number of carbonyl (C=O) groups excluding carboxylic acids is 2. The van der Waals surface area contributed by atoms with Gasteiger partial charge in [-0.25, -0.2) is 4.79 Å². The SMILES string of the molecule is O=C(CSc1nnc(NCc2ccco2)s1)NC(=O)NC1CC1. The van der Waals surface area contributed by atoms with E-state index in [1.807, 2.05) is 12.1 Å². The molecule has 0 spiro atoms. The van der Waals surface area contributed by atoms with Gasteiger partial charge >= 0.3 is 6.03 Å². The molecule has 1 aliphatic rings. The first-order valence-corrected chi connectivity index (χ1v) is 8.82. The predicted molar refractivity (Wildman–Crippen MR) is 86.4 cm³/mol. The van der Waals surface area contributed by atoms with Gasteiger partial charge in [0, 0.05) is 6.04 Å². The number of amides is 3. The highest BCUT2D eigenvalue weighted by Gasteiger charge is 2.23. The molecule has 3 rings (SSSR count). The van der Waals surface area contributed by atoms with Gasteiger partial charge in [-0.2, -0.15) is 0 Å². The third-order valence-electron chi connectivity index (χ3n) is 2.89. The molecule has 2 aromatic rings. The maximum absolute atomic E-state index is 11.7. The monoisotopic (exact) mass is 353 g/mol. The van der Waals surface area contributed by atoms with E-state index in [-0.39, 0.29) is 17.7 Å². The lowest BCUT2D eigenvalue weighted by molar-refractivity contribution is -0.117. The van der Waals surface area contributed by atoms with Crippen LogP contribution in [0.15, 0.2) is 27.2 Å². The van der Waals surface area contributed by atoms with Crippen LogP contribution in [-0.2, 0) is 11.3 Å². The van der Waals surface area contributed by atoms with Gasteiger partial charge in [-0.05, 0) is 25.0 Å². The van der Waals surface area contributed by atoms with Crippen LogP contribution in [0.25, 0.3) is 0 Å². The molecule has 2 heterocycles. The molecule has 3 N–H and O–H groups in total. The van der Waals surface area contributed by atoms with E-state index in [9.17, 15) is 9.59 Å². The van der Waals surface area contributed by atoms with E-state index in [1.54, 1.807) is 6.26 Å². The summed E-state index contributed by atoms with van der Waals surface area (Å²) in [7, 11) is 0. The van der Waals surface area contributed by atoms with E-state index in [0.717, 1.165) is 18.6 Å². The van der Waals surface area contributed by atoms with Crippen molar-refractivity contribution < 1.29 is 14.0 Å². The molecule has 122 valence electrons. The molecule has 0 atom stereocenters. The smallest absolute Gasteiger partial charge is 0.321 e. The zero-order valence-electron chi connectivity index (χ0n) is 12.1. The van der Waals surface area contributed by atoms with Gasteiger partial charge < -0.3 is 15.1 Å². The number of hydrogen-bond donors (Lipinski definition) is 3. The van der Waals surface area contributed by atoms with Gasteiger partial charge in [0.05, 0.1) is 18.6 Å². The van der Waals surface area contributed by atoms with Crippen LogP contribution in [0.4, 0.5) is 9.93 Å². The van der Waals surface area contributed by atoms with Crippen LogP contribution in [-0.4, -0.2) is 33.9 Å². The van der Waals surface area contributed by atoms with E-state index >= 15 is 0 Å². The molecule has 10 heteroatoms. The van der Waals surface area contributed by atoms with Gasteiger partial charge in [0.25, 0.3) is 0 Å². The Morgan fingerprint density at radius 1 is 1.39 bits per heavy atom. The van der Waals surface area contributed by atoms with Crippen LogP contribution < -0.4 is 16.0 Å². The largest absolute Gasteiger partial charge is 0.467 e. The summed E-state index contributed by atoms with van der Waals surface area (Å²) in [6.45, 7) is 0.522. The highest BCUT2D eigenvalue weighted by Crippen LogP contribution is 2.25. The topological polar surface area (TPSA) is 109 Å². The number of imide groups is 1. The standard InChI is InChI=1S/C13H15N5O3S2/c19-10(16-11(20)15-8-3-4-8)7-22-13-18-17-12(23-13)14-6-9-2-1-5-21-9/h1-2,5,8H,3-4,6-7H2,(H,14,17)(H2,15,16,19,20). The molecule has 0 aromatic carbocycles. The van der Waals surface area contributed by atoms with Crippen LogP contribution in [0.2, 0.25) is 0 Å². The first kappa shape index (κ1) is 15.8. The molecule has 0 aliphatic heterocycles. The lowest BCUT2D eigenvalue weighted by Gasteiger charge is -2.03. The minimum Gasteiger partial charge on any atom is -0.467 e. The second-order valence-corrected chi connectivity index (χ2v) is 7.09. The number of thioether (sulfide) groups is 1. The van der Waals surface area contributed by atoms with Gasteiger partial charge in [0.15, 0.2) is 4.34 Å². The van der Waals surface area contributed by atoms with Crippen molar-refractivity contribution in [3.63, 3.8) is 0 Å². The van der Waals surface area contributed by atoms with Gasteiger partial charge in [0.1, 0.15) is 5.76 Å². The Kier molecular flexibility index (Phi) is 5.13. The van der Waals surface area contributed by atoms with Crippen molar-refractivity contribution >= 4 is 40.2 Å². The summed E-state index contributed by atoms with van der Waals surface area (Å²) in [5.41, 5.74) is 0. The highest BCUT2D eigenvalue weighted by atomic mass is 32.2. The third kappa shape index (κ3) is 5.25. The van der Waals surface area contributed by atoms with Crippen LogP contribution in [0, 0.1) is 0 Å². The van der Waals surface area contributed by atoms with E-state index in [0.29, 0.717) is 16.0 Å². The Labute approximate surface area is 140 Å². The van der Waals surface area contributed by atoms with E-state index in [2.05, 4.69) is 26.1 Å². The summed E-state index contributed by atoms with van der Waals surface area (Å²) in [6, 6.07) is 3.47. The van der Waals surface area contributed by atoms with Crippen molar-refractivity contribution in [3.8, 4) is 0 Å². The quantitative estimate of drug-likeness (QED) is 0.651. The molecule has 3 amide bonds. The van der Waals surface area contributed by atoms with Crippen molar-refractivity contribution in [2.75, 3.05) is 11.1 Å². The average Bonchev–Trinajstić information content (AvgIpc) is 3.03. The van der Waals surface area contributed by atoms with Crippen molar-refractivity contribution in [2.45, 2.75) is 29.8 Å². The summed E-state index contributed by atoms with van der Waals surface area (Å²) in [4.78, 5) is 23.1. The molecular formula is C13H15N5O3S2. The number of nitrogens with one attached hydrogen (secondary N) is 3. The lowest BCUT2D eigenvalue weighted by atomic mass is 10.4. The molecule has 8 nitrogen and oxygen atoms in total. The second-order valence-electron chi connectivity index (χ2n) is 4.89. The number of carbonyl (C=O) groups is 2. The maximum Gasteiger partial charge on any atom is 0.321 e. The van der Waals surface area contributed by atoms with Crippen LogP contribution >= 0.6 is 23.1 Å². The Hall–Kier alpha value is -2.07. The number of hydrogen-bond acceptors (Lipinski definition) is 8. The Morgan fingerprint density at radius 3 is 3.00 bits per heavy atom. The minimum atomic E-state index is -0.434. The van der Waals surface area contributed by atoms with Crippen molar-refractivity contribution in [1.29, 1.82) is 0 Å². The predicted octanol–water partition coefficient (Wildman–Crippen LogP) is 1.82. The van der Waals surface area contributed by atoms with Crippen molar-refractivity contribution in [2.24, 2.45) is 0 Å². The van der Waals surface area contributed by atoms with Gasteiger partial charge in [0.2, 0.25) is 11.0 Å². The summed E-state index contributed by atoms with van der Waals surface area (Å²) in [5, 5.41) is 16.7. The first-order chi connectivity index (χ1) is 11.2. The fourth-order valence-corrected chi connectivity index (χ4v) is 3.20. The second kappa shape index (κ2) is 7.47. The van der Waals surface area contributed by atoms with Crippen molar-refractivity contribution in [3.05, 3.63) is 24.2 Å². The third-order valence-corrected chi connectivity index (χ3v) is 4.91. The average molecular weight is 353 g/mol. The lowest BCUT2D eigenvalue weighted by Crippen LogP contribution is -2.41. The number of aromatic nitrogens is 2. The molecule has 1 aliphatic carbocycles. The van der Waals surface area contributed by atoms with E-state index < -0.39 is 6.03 Å². The highest BCUT2D eigenvalue weighted by molar-refractivity contribution is 8.01. The summed E-state index contributed by atoms with van der Waals surface area (Å²) in [5.74, 6) is 0.564. The number of nitrogens with zero attached hydrogens (tertiary/aromatic N) is 2. The van der Waals surface area contributed by atoms with Crippen LogP contribution in [0.1, 0.15) is 18.6 Å². The zero-order chi connectivity index (χ0) is 16.1. The fourth-order valence-electron chi connectivity index (χ4n) is 1.65. The molecule has 23 heavy (non-hydrogen) atoms. The molecule has 1 saturated carbocycles. The summed E-state index contributed by atoms with van der Waals surface area (Å²) < 4.78 is 5.86. The molecule has 0 radical (unpaired) electrons. The summed E-state index contributed by atoms with van der Waals surface area (Å²) >= 11 is 2.58. The molecule has 0 unspecified atom stereocenters. The number of rotatable bonds is 7.